The van der Waals surface area contributed by atoms with Crippen molar-refractivity contribution in [3.63, 3.8) is 0 Å². The van der Waals surface area contributed by atoms with Crippen LogP contribution in [0.3, 0.4) is 0 Å². The number of aliphatic hydroxyl groups is 1. The van der Waals surface area contributed by atoms with Gasteiger partial charge in [0.1, 0.15) is 0 Å². The summed E-state index contributed by atoms with van der Waals surface area (Å²) in [7, 11) is 0. The maximum atomic E-state index is 9.65. The summed E-state index contributed by atoms with van der Waals surface area (Å²) >= 11 is 6.06. The minimum absolute atomic E-state index is 0.149. The van der Waals surface area contributed by atoms with E-state index >= 15 is 0 Å². The topological polar surface area (TPSA) is 64.7 Å². The molecule has 1 aromatic rings. The zero-order chi connectivity index (χ0) is 11.5. The van der Waals surface area contributed by atoms with Crippen LogP contribution in [0.1, 0.15) is 18.1 Å². The summed E-state index contributed by atoms with van der Waals surface area (Å²) in [6.45, 7) is 1.33. The van der Waals surface area contributed by atoms with Gasteiger partial charge in [0.25, 0.3) is 0 Å². The van der Waals surface area contributed by atoms with Gasteiger partial charge in [-0.2, -0.15) is 0 Å². The average Bonchev–Trinajstić information content (AvgIpc) is 2.53. The SMILES string of the molecule is NC[C@H](O)c1cc(Cl)c2c(c1)OCCCO2. The lowest BCUT2D eigenvalue weighted by Crippen LogP contribution is -2.11. The quantitative estimate of drug-likeness (QED) is 0.826. The second kappa shape index (κ2) is 4.91. The fourth-order valence-electron chi connectivity index (χ4n) is 1.58. The third kappa shape index (κ3) is 2.24. The molecule has 1 atom stereocenters. The molecule has 0 amide bonds. The lowest BCUT2D eigenvalue weighted by Gasteiger charge is -2.14. The Kier molecular flexibility index (Phi) is 3.53. The van der Waals surface area contributed by atoms with Gasteiger partial charge in [-0.15, -0.1) is 0 Å². The van der Waals surface area contributed by atoms with E-state index in [0.717, 1.165) is 6.42 Å². The van der Waals surface area contributed by atoms with Gasteiger partial charge in [0.2, 0.25) is 0 Å². The summed E-state index contributed by atoms with van der Waals surface area (Å²) in [5.74, 6) is 1.12. The molecule has 0 unspecified atom stereocenters. The van der Waals surface area contributed by atoms with Crippen molar-refractivity contribution in [1.82, 2.24) is 0 Å². The largest absolute Gasteiger partial charge is 0.489 e. The number of ether oxygens (including phenoxy) is 2. The van der Waals surface area contributed by atoms with Gasteiger partial charge in [-0.25, -0.2) is 0 Å². The van der Waals surface area contributed by atoms with Crippen LogP contribution in [0, 0.1) is 0 Å². The Hall–Kier alpha value is -0.970. The number of rotatable bonds is 2. The number of hydrogen-bond donors (Lipinski definition) is 2. The Bertz CT molecular complexity index is 384. The molecular formula is C11H14ClNO3. The summed E-state index contributed by atoms with van der Waals surface area (Å²) in [6.07, 6.45) is 0.0921. The van der Waals surface area contributed by atoms with E-state index in [1.807, 2.05) is 0 Å². The van der Waals surface area contributed by atoms with Gasteiger partial charge in [-0.1, -0.05) is 11.6 Å². The van der Waals surface area contributed by atoms with Gasteiger partial charge in [0.05, 0.1) is 24.3 Å². The Labute approximate surface area is 98.9 Å². The molecule has 0 aromatic heterocycles. The standard InChI is InChI=1S/C11H14ClNO3/c12-8-4-7(9(14)6-13)5-10-11(8)16-3-1-2-15-10/h4-5,9,14H,1-3,6,13H2/t9-/m0/s1. The molecule has 1 aliphatic heterocycles. The van der Waals surface area contributed by atoms with Gasteiger partial charge < -0.3 is 20.3 Å². The van der Waals surface area contributed by atoms with E-state index in [-0.39, 0.29) is 6.54 Å². The van der Waals surface area contributed by atoms with Gasteiger partial charge >= 0.3 is 0 Å². The molecule has 0 radical (unpaired) electrons. The summed E-state index contributed by atoms with van der Waals surface area (Å²) < 4.78 is 11.0. The number of fused-ring (bicyclic) bond motifs is 1. The molecule has 88 valence electrons. The number of halogens is 1. The molecule has 4 nitrogen and oxygen atoms in total. The molecule has 5 heteroatoms. The van der Waals surface area contributed by atoms with E-state index in [9.17, 15) is 5.11 Å². The Morgan fingerprint density at radius 1 is 1.38 bits per heavy atom. The zero-order valence-electron chi connectivity index (χ0n) is 8.78. The van der Waals surface area contributed by atoms with Crippen molar-refractivity contribution in [3.05, 3.63) is 22.7 Å². The predicted octanol–water partition coefficient (Wildman–Crippen LogP) is 1.49. The van der Waals surface area contributed by atoms with E-state index < -0.39 is 6.10 Å². The highest BCUT2D eigenvalue weighted by molar-refractivity contribution is 6.32. The summed E-state index contributed by atoms with van der Waals surface area (Å²) in [4.78, 5) is 0. The Morgan fingerprint density at radius 2 is 2.12 bits per heavy atom. The van der Waals surface area contributed by atoms with Gasteiger partial charge in [0.15, 0.2) is 11.5 Å². The minimum atomic E-state index is -0.727. The molecule has 1 heterocycles. The molecule has 16 heavy (non-hydrogen) atoms. The first-order valence-electron chi connectivity index (χ1n) is 5.19. The maximum absolute atomic E-state index is 9.65. The molecule has 0 saturated carbocycles. The fourth-order valence-corrected chi connectivity index (χ4v) is 1.85. The van der Waals surface area contributed by atoms with E-state index in [2.05, 4.69) is 0 Å². The summed E-state index contributed by atoms with van der Waals surface area (Å²) in [6, 6.07) is 3.39. The van der Waals surface area contributed by atoms with Crippen LogP contribution in [0.15, 0.2) is 12.1 Å². The van der Waals surface area contributed by atoms with Crippen molar-refractivity contribution in [3.8, 4) is 11.5 Å². The first-order chi connectivity index (χ1) is 7.72. The van der Waals surface area contributed by atoms with Crippen LogP contribution < -0.4 is 15.2 Å². The second-order valence-corrected chi connectivity index (χ2v) is 4.04. The highest BCUT2D eigenvalue weighted by atomic mass is 35.5. The fraction of sp³-hybridized carbons (Fsp3) is 0.455. The number of benzene rings is 1. The number of hydrogen-bond acceptors (Lipinski definition) is 4. The van der Waals surface area contributed by atoms with Crippen LogP contribution in [0.25, 0.3) is 0 Å². The van der Waals surface area contributed by atoms with Crippen molar-refractivity contribution in [2.45, 2.75) is 12.5 Å². The summed E-state index contributed by atoms with van der Waals surface area (Å²) in [5, 5.41) is 10.1. The molecule has 0 aliphatic carbocycles. The van der Waals surface area contributed by atoms with Crippen molar-refractivity contribution in [2.24, 2.45) is 5.73 Å². The molecule has 0 bridgehead atoms. The van der Waals surface area contributed by atoms with E-state index in [1.165, 1.54) is 0 Å². The molecule has 2 rings (SSSR count). The Balaban J connectivity index is 2.39. The molecular weight excluding hydrogens is 230 g/mol. The highest BCUT2D eigenvalue weighted by Gasteiger charge is 2.17. The number of aliphatic hydroxyl groups excluding tert-OH is 1. The second-order valence-electron chi connectivity index (χ2n) is 3.63. The van der Waals surface area contributed by atoms with Crippen molar-refractivity contribution in [2.75, 3.05) is 19.8 Å². The highest BCUT2D eigenvalue weighted by Crippen LogP contribution is 2.39. The van der Waals surface area contributed by atoms with Gasteiger partial charge in [-0.3, -0.25) is 0 Å². The molecule has 0 fully saturated rings. The third-order valence-corrected chi connectivity index (χ3v) is 2.71. The van der Waals surface area contributed by atoms with Crippen LogP contribution in [-0.4, -0.2) is 24.9 Å². The molecule has 1 aliphatic rings. The van der Waals surface area contributed by atoms with Crippen molar-refractivity contribution < 1.29 is 14.6 Å². The van der Waals surface area contributed by atoms with Crippen molar-refractivity contribution >= 4 is 11.6 Å². The number of nitrogens with two attached hydrogens (primary N) is 1. The smallest absolute Gasteiger partial charge is 0.179 e. The van der Waals surface area contributed by atoms with Crippen LogP contribution in [0.2, 0.25) is 5.02 Å². The van der Waals surface area contributed by atoms with E-state index in [1.54, 1.807) is 12.1 Å². The van der Waals surface area contributed by atoms with E-state index in [4.69, 9.17) is 26.8 Å². The summed E-state index contributed by atoms with van der Waals surface area (Å²) in [5.41, 5.74) is 6.05. The molecule has 1 aromatic carbocycles. The first-order valence-corrected chi connectivity index (χ1v) is 5.57. The van der Waals surface area contributed by atoms with Gasteiger partial charge in [0, 0.05) is 13.0 Å². The Morgan fingerprint density at radius 3 is 2.88 bits per heavy atom. The van der Waals surface area contributed by atoms with Crippen LogP contribution in [0.4, 0.5) is 0 Å². The average molecular weight is 244 g/mol. The maximum Gasteiger partial charge on any atom is 0.179 e. The molecule has 0 saturated heterocycles. The van der Waals surface area contributed by atoms with Crippen LogP contribution >= 0.6 is 11.6 Å². The molecule has 3 N–H and O–H groups in total. The van der Waals surface area contributed by atoms with Gasteiger partial charge in [-0.05, 0) is 17.7 Å². The lowest BCUT2D eigenvalue weighted by atomic mass is 10.1. The monoisotopic (exact) mass is 243 g/mol. The molecule has 0 spiro atoms. The van der Waals surface area contributed by atoms with E-state index in [0.29, 0.717) is 35.3 Å². The first kappa shape index (κ1) is 11.5. The lowest BCUT2D eigenvalue weighted by molar-refractivity contribution is 0.186. The zero-order valence-corrected chi connectivity index (χ0v) is 9.54. The van der Waals surface area contributed by atoms with Crippen LogP contribution in [0.5, 0.6) is 11.5 Å². The van der Waals surface area contributed by atoms with Crippen molar-refractivity contribution in [1.29, 1.82) is 0 Å². The van der Waals surface area contributed by atoms with Crippen LogP contribution in [-0.2, 0) is 0 Å². The predicted molar refractivity (Wildman–Crippen MR) is 61.1 cm³/mol. The minimum Gasteiger partial charge on any atom is -0.489 e. The normalized spacial score (nSPS) is 16.7. The third-order valence-electron chi connectivity index (χ3n) is 2.43.